The standard InChI is InChI=1S/C28H29NO5S/c1-20-14-15-23(18-21(20)2)35(32,33)28(16-8-9-17-28)27(31)34-19-26(30)29-25-13-7-6-12-24(25)22-10-4-3-5-11-22/h3-7,10-15,18H,8-9,16-17,19H2,1-2H3,(H,29,30). The molecule has 1 aliphatic carbocycles. The number of benzene rings is 3. The van der Waals surface area contributed by atoms with Gasteiger partial charge in [-0.3, -0.25) is 9.59 Å². The number of carbonyl (C=O) groups is 2. The first-order valence-corrected chi connectivity index (χ1v) is 13.2. The van der Waals surface area contributed by atoms with E-state index in [4.69, 9.17) is 4.74 Å². The Morgan fingerprint density at radius 2 is 1.54 bits per heavy atom. The number of sulfone groups is 1. The molecule has 0 atom stereocenters. The number of anilines is 1. The molecule has 35 heavy (non-hydrogen) atoms. The third kappa shape index (κ3) is 4.86. The second-order valence-electron chi connectivity index (χ2n) is 8.99. The van der Waals surface area contributed by atoms with Crippen LogP contribution in [0.4, 0.5) is 5.69 Å². The molecule has 0 unspecified atom stereocenters. The Labute approximate surface area is 206 Å². The van der Waals surface area contributed by atoms with E-state index in [-0.39, 0.29) is 17.7 Å². The summed E-state index contributed by atoms with van der Waals surface area (Å²) in [6.07, 6.45) is 1.57. The first-order valence-electron chi connectivity index (χ1n) is 11.7. The maximum Gasteiger partial charge on any atom is 0.328 e. The second-order valence-corrected chi connectivity index (χ2v) is 11.2. The third-order valence-electron chi connectivity index (χ3n) is 6.71. The Kier molecular flexibility index (Phi) is 7.08. The van der Waals surface area contributed by atoms with Crippen LogP contribution in [0.25, 0.3) is 11.1 Å². The van der Waals surface area contributed by atoms with Crippen molar-refractivity contribution in [3.05, 3.63) is 83.9 Å². The number of para-hydroxylation sites is 1. The molecule has 7 heteroatoms. The largest absolute Gasteiger partial charge is 0.454 e. The van der Waals surface area contributed by atoms with E-state index in [2.05, 4.69) is 5.32 Å². The average Bonchev–Trinajstić information content (AvgIpc) is 3.37. The second kappa shape index (κ2) is 10.0. The van der Waals surface area contributed by atoms with Crippen LogP contribution in [-0.4, -0.2) is 31.6 Å². The van der Waals surface area contributed by atoms with Crippen molar-refractivity contribution in [3.8, 4) is 11.1 Å². The minimum Gasteiger partial charge on any atom is -0.454 e. The zero-order valence-corrected chi connectivity index (χ0v) is 20.7. The maximum atomic E-state index is 13.6. The zero-order valence-electron chi connectivity index (χ0n) is 19.9. The molecule has 1 fully saturated rings. The molecule has 1 N–H and O–H groups in total. The molecular weight excluding hydrogens is 462 g/mol. The van der Waals surface area contributed by atoms with Crippen molar-refractivity contribution in [3.63, 3.8) is 0 Å². The third-order valence-corrected chi connectivity index (χ3v) is 9.18. The highest BCUT2D eigenvalue weighted by molar-refractivity contribution is 7.93. The highest BCUT2D eigenvalue weighted by Crippen LogP contribution is 2.42. The normalized spacial score (nSPS) is 14.9. The van der Waals surface area contributed by atoms with Gasteiger partial charge in [-0.2, -0.15) is 0 Å². The molecule has 0 heterocycles. The summed E-state index contributed by atoms with van der Waals surface area (Å²) in [5.41, 5.74) is 4.16. The number of esters is 1. The van der Waals surface area contributed by atoms with E-state index < -0.39 is 33.1 Å². The van der Waals surface area contributed by atoms with Gasteiger partial charge in [0.05, 0.1) is 4.90 Å². The first kappa shape index (κ1) is 24.7. The van der Waals surface area contributed by atoms with Crippen LogP contribution in [0, 0.1) is 13.8 Å². The number of nitrogens with one attached hydrogen (secondary N) is 1. The Bertz CT molecular complexity index is 1340. The SMILES string of the molecule is Cc1ccc(S(=O)(=O)C2(C(=O)OCC(=O)Nc3ccccc3-c3ccccc3)CCCC2)cc1C. The van der Waals surface area contributed by atoms with E-state index in [0.29, 0.717) is 18.5 Å². The number of hydrogen-bond acceptors (Lipinski definition) is 5. The molecular formula is C28H29NO5S. The van der Waals surface area contributed by atoms with Crippen LogP contribution >= 0.6 is 0 Å². The number of carbonyl (C=O) groups excluding carboxylic acids is 2. The predicted octanol–water partition coefficient (Wildman–Crippen LogP) is 5.24. The average molecular weight is 492 g/mol. The van der Waals surface area contributed by atoms with Gasteiger partial charge in [-0.25, -0.2) is 8.42 Å². The van der Waals surface area contributed by atoms with Crippen LogP contribution in [0.1, 0.15) is 36.8 Å². The van der Waals surface area contributed by atoms with Crippen LogP contribution in [0.3, 0.4) is 0 Å². The van der Waals surface area contributed by atoms with E-state index in [0.717, 1.165) is 22.3 Å². The van der Waals surface area contributed by atoms with E-state index in [1.807, 2.05) is 56.3 Å². The van der Waals surface area contributed by atoms with Crippen LogP contribution < -0.4 is 5.32 Å². The van der Waals surface area contributed by atoms with E-state index in [1.54, 1.807) is 24.3 Å². The fourth-order valence-corrected chi connectivity index (χ4v) is 6.68. The molecule has 0 spiro atoms. The summed E-state index contributed by atoms with van der Waals surface area (Å²) in [7, 11) is -3.99. The van der Waals surface area contributed by atoms with Crippen molar-refractivity contribution in [1.82, 2.24) is 0 Å². The lowest BCUT2D eigenvalue weighted by Crippen LogP contribution is -2.46. The van der Waals surface area contributed by atoms with Gasteiger partial charge >= 0.3 is 5.97 Å². The van der Waals surface area contributed by atoms with E-state index in [9.17, 15) is 18.0 Å². The fraction of sp³-hybridized carbons (Fsp3) is 0.286. The molecule has 0 bridgehead atoms. The number of ether oxygens (including phenoxy) is 1. The van der Waals surface area contributed by atoms with Crippen molar-refractivity contribution < 1.29 is 22.7 Å². The highest BCUT2D eigenvalue weighted by Gasteiger charge is 2.54. The van der Waals surface area contributed by atoms with Gasteiger partial charge in [0.15, 0.2) is 21.2 Å². The van der Waals surface area contributed by atoms with Gasteiger partial charge in [0.1, 0.15) is 0 Å². The quantitative estimate of drug-likeness (QED) is 0.457. The summed E-state index contributed by atoms with van der Waals surface area (Å²) in [6.45, 7) is 3.18. The lowest BCUT2D eigenvalue weighted by molar-refractivity contribution is -0.149. The summed E-state index contributed by atoms with van der Waals surface area (Å²) in [6, 6.07) is 21.8. The van der Waals surface area contributed by atoms with Crippen molar-refractivity contribution in [1.29, 1.82) is 0 Å². The minimum absolute atomic E-state index is 0.112. The van der Waals surface area contributed by atoms with Gasteiger partial charge in [0.25, 0.3) is 5.91 Å². The first-order chi connectivity index (χ1) is 16.7. The van der Waals surface area contributed by atoms with Crippen LogP contribution in [0.15, 0.2) is 77.7 Å². The maximum absolute atomic E-state index is 13.6. The summed E-state index contributed by atoms with van der Waals surface area (Å²) >= 11 is 0. The molecule has 0 aromatic heterocycles. The molecule has 0 saturated heterocycles. The van der Waals surface area contributed by atoms with Gasteiger partial charge in [-0.05, 0) is 61.6 Å². The molecule has 4 rings (SSSR count). The molecule has 3 aromatic rings. The molecule has 1 amide bonds. The summed E-state index contributed by atoms with van der Waals surface area (Å²) in [5.74, 6) is -1.39. The van der Waals surface area contributed by atoms with Crippen molar-refractivity contribution in [2.24, 2.45) is 0 Å². The van der Waals surface area contributed by atoms with E-state index >= 15 is 0 Å². The van der Waals surface area contributed by atoms with Crippen molar-refractivity contribution in [2.45, 2.75) is 49.2 Å². The van der Waals surface area contributed by atoms with Gasteiger partial charge in [0, 0.05) is 11.3 Å². The lowest BCUT2D eigenvalue weighted by atomic mass is 10.0. The van der Waals surface area contributed by atoms with Gasteiger partial charge in [-0.1, -0.05) is 67.4 Å². The summed E-state index contributed by atoms with van der Waals surface area (Å²) in [5, 5.41) is 2.79. The molecule has 6 nitrogen and oxygen atoms in total. The van der Waals surface area contributed by atoms with E-state index in [1.165, 1.54) is 6.07 Å². The summed E-state index contributed by atoms with van der Waals surface area (Å²) in [4.78, 5) is 26.0. The minimum atomic E-state index is -3.99. The molecule has 1 saturated carbocycles. The predicted molar refractivity (Wildman–Crippen MR) is 136 cm³/mol. The zero-order chi connectivity index (χ0) is 25.1. The molecule has 0 radical (unpaired) electrons. The van der Waals surface area contributed by atoms with Gasteiger partial charge in [-0.15, -0.1) is 0 Å². The number of rotatable bonds is 7. The van der Waals surface area contributed by atoms with Crippen LogP contribution in [0.5, 0.6) is 0 Å². The molecule has 3 aromatic carbocycles. The Balaban J connectivity index is 1.50. The number of aryl methyl sites for hydroxylation is 2. The topological polar surface area (TPSA) is 89.5 Å². The Morgan fingerprint density at radius 3 is 2.23 bits per heavy atom. The van der Waals surface area contributed by atoms with Gasteiger partial charge in [0.2, 0.25) is 0 Å². The van der Waals surface area contributed by atoms with Gasteiger partial charge < -0.3 is 10.1 Å². The molecule has 182 valence electrons. The Hall–Kier alpha value is -3.45. The molecule has 1 aliphatic rings. The number of hydrogen-bond donors (Lipinski definition) is 1. The smallest absolute Gasteiger partial charge is 0.328 e. The summed E-state index contributed by atoms with van der Waals surface area (Å²) < 4.78 is 30.9. The van der Waals surface area contributed by atoms with Crippen LogP contribution in [0.2, 0.25) is 0 Å². The Morgan fingerprint density at radius 1 is 0.886 bits per heavy atom. The lowest BCUT2D eigenvalue weighted by Gasteiger charge is -2.27. The van der Waals surface area contributed by atoms with Crippen molar-refractivity contribution >= 4 is 27.4 Å². The molecule has 0 aliphatic heterocycles. The highest BCUT2D eigenvalue weighted by atomic mass is 32.2. The monoisotopic (exact) mass is 491 g/mol. The fourth-order valence-electron chi connectivity index (χ4n) is 4.55. The number of amides is 1. The van der Waals surface area contributed by atoms with Crippen molar-refractivity contribution in [2.75, 3.05) is 11.9 Å². The van der Waals surface area contributed by atoms with Crippen LogP contribution in [-0.2, 0) is 24.2 Å².